The second-order valence-electron chi connectivity index (χ2n) is 8.68. The van der Waals surface area contributed by atoms with E-state index < -0.39 is 10.0 Å². The summed E-state index contributed by atoms with van der Waals surface area (Å²) in [6, 6.07) is 18.0. The van der Waals surface area contributed by atoms with Crippen LogP contribution in [0.2, 0.25) is 10.0 Å². The first-order valence-corrected chi connectivity index (χ1v) is 13.4. The average molecular weight is 515 g/mol. The molecule has 0 radical (unpaired) electrons. The van der Waals surface area contributed by atoms with Crippen molar-refractivity contribution in [2.75, 3.05) is 11.9 Å². The molecule has 0 saturated heterocycles. The molecule has 8 heteroatoms. The summed E-state index contributed by atoms with van der Waals surface area (Å²) in [5.74, 6) is 0.120. The summed E-state index contributed by atoms with van der Waals surface area (Å²) >= 11 is 12.4. The van der Waals surface area contributed by atoms with Crippen molar-refractivity contribution < 1.29 is 13.5 Å². The van der Waals surface area contributed by atoms with Crippen molar-refractivity contribution in [3.8, 4) is 5.75 Å². The molecule has 3 aromatic carbocycles. The number of sulfonamides is 1. The number of allylic oxidation sites excluding steroid dienone is 2. The van der Waals surface area contributed by atoms with Crippen molar-refractivity contribution in [1.29, 1.82) is 0 Å². The smallest absolute Gasteiger partial charge is 0.240 e. The van der Waals surface area contributed by atoms with Crippen molar-refractivity contribution >= 4 is 38.9 Å². The molecule has 176 valence electrons. The van der Waals surface area contributed by atoms with Gasteiger partial charge in [0.1, 0.15) is 5.75 Å². The Bertz CT molecular complexity index is 1360. The van der Waals surface area contributed by atoms with E-state index in [1.54, 1.807) is 24.3 Å². The molecular formula is C26H24Cl2N2O3S. The van der Waals surface area contributed by atoms with Gasteiger partial charge < -0.3 is 10.4 Å². The lowest BCUT2D eigenvalue weighted by Gasteiger charge is -2.38. The number of aromatic hydroxyl groups is 1. The number of fused-ring (bicyclic) bond motifs is 3. The van der Waals surface area contributed by atoms with Crippen molar-refractivity contribution in [2.45, 2.75) is 29.7 Å². The van der Waals surface area contributed by atoms with Gasteiger partial charge in [-0.15, -0.1) is 0 Å². The molecule has 5 rings (SSSR count). The highest BCUT2D eigenvalue weighted by Crippen LogP contribution is 2.52. The Kier molecular flexibility index (Phi) is 6.34. The Balaban J connectivity index is 1.41. The Labute approximate surface area is 209 Å². The zero-order valence-corrected chi connectivity index (χ0v) is 20.5. The molecule has 0 saturated carbocycles. The predicted octanol–water partition coefficient (Wildman–Crippen LogP) is 6.05. The van der Waals surface area contributed by atoms with Gasteiger partial charge >= 0.3 is 0 Å². The van der Waals surface area contributed by atoms with Crippen LogP contribution < -0.4 is 10.0 Å². The Morgan fingerprint density at radius 3 is 2.62 bits per heavy atom. The average Bonchev–Trinajstić information content (AvgIpc) is 3.31. The molecule has 1 aliphatic carbocycles. The fourth-order valence-corrected chi connectivity index (χ4v) is 6.50. The molecule has 3 N–H and O–H groups in total. The van der Waals surface area contributed by atoms with Crippen LogP contribution >= 0.6 is 23.2 Å². The van der Waals surface area contributed by atoms with Crippen LogP contribution in [0.15, 0.2) is 77.7 Å². The lowest BCUT2D eigenvalue weighted by atomic mass is 9.77. The summed E-state index contributed by atoms with van der Waals surface area (Å²) in [5.41, 5.74) is 3.47. The van der Waals surface area contributed by atoms with Gasteiger partial charge in [-0.1, -0.05) is 65.7 Å². The summed E-state index contributed by atoms with van der Waals surface area (Å²) in [5, 5.41) is 14.8. The van der Waals surface area contributed by atoms with Crippen molar-refractivity contribution in [3.63, 3.8) is 0 Å². The number of anilines is 1. The number of phenols is 1. The fraction of sp³-hybridized carbons (Fsp3) is 0.231. The van der Waals surface area contributed by atoms with Crippen LogP contribution in [0.3, 0.4) is 0 Å². The molecule has 2 aliphatic rings. The van der Waals surface area contributed by atoms with E-state index in [1.165, 1.54) is 6.07 Å². The van der Waals surface area contributed by atoms with Crippen LogP contribution in [0, 0.1) is 5.92 Å². The van der Waals surface area contributed by atoms with Gasteiger partial charge in [-0.25, -0.2) is 13.1 Å². The van der Waals surface area contributed by atoms with E-state index in [-0.39, 0.29) is 33.5 Å². The largest absolute Gasteiger partial charge is 0.506 e. The predicted molar refractivity (Wildman–Crippen MR) is 136 cm³/mol. The highest BCUT2D eigenvalue weighted by molar-refractivity contribution is 7.89. The third-order valence-corrected chi connectivity index (χ3v) is 8.55. The van der Waals surface area contributed by atoms with E-state index >= 15 is 0 Å². The molecule has 34 heavy (non-hydrogen) atoms. The normalized spacial score (nSPS) is 21.1. The van der Waals surface area contributed by atoms with Crippen LogP contribution in [0.25, 0.3) is 0 Å². The minimum absolute atomic E-state index is 0.0119. The first-order valence-electron chi connectivity index (χ1n) is 11.1. The van der Waals surface area contributed by atoms with E-state index in [1.807, 2.05) is 30.3 Å². The SMILES string of the molecule is O=S(=O)(NCCc1ccccc1)c1ccc2c(c1)C1C=CCC1C(c1cc(Cl)cc(Cl)c1O)N2. The quantitative estimate of drug-likeness (QED) is 0.350. The van der Waals surface area contributed by atoms with E-state index in [4.69, 9.17) is 23.2 Å². The third kappa shape index (κ3) is 4.43. The summed E-state index contributed by atoms with van der Waals surface area (Å²) in [6.45, 7) is 0.324. The van der Waals surface area contributed by atoms with Gasteiger partial charge in [-0.2, -0.15) is 0 Å². The highest BCUT2D eigenvalue weighted by atomic mass is 35.5. The molecule has 3 atom stereocenters. The summed E-state index contributed by atoms with van der Waals surface area (Å²) in [6.07, 6.45) is 5.62. The second kappa shape index (κ2) is 9.27. The molecule has 0 spiro atoms. The van der Waals surface area contributed by atoms with Gasteiger partial charge in [0, 0.05) is 28.7 Å². The van der Waals surface area contributed by atoms with Gasteiger partial charge in [-0.3, -0.25) is 0 Å². The van der Waals surface area contributed by atoms with Gasteiger partial charge in [0.25, 0.3) is 0 Å². The first-order chi connectivity index (χ1) is 16.3. The van der Waals surface area contributed by atoms with Crippen LogP contribution in [-0.2, 0) is 16.4 Å². The molecule has 3 unspecified atom stereocenters. The summed E-state index contributed by atoms with van der Waals surface area (Å²) < 4.78 is 28.7. The van der Waals surface area contributed by atoms with Crippen molar-refractivity contribution in [3.05, 3.63) is 99.6 Å². The minimum Gasteiger partial charge on any atom is -0.506 e. The number of benzene rings is 3. The molecule has 3 aromatic rings. The van der Waals surface area contributed by atoms with Gasteiger partial charge in [0.15, 0.2) is 0 Å². The van der Waals surface area contributed by atoms with E-state index in [2.05, 4.69) is 22.2 Å². The molecule has 0 aromatic heterocycles. The van der Waals surface area contributed by atoms with Crippen molar-refractivity contribution in [1.82, 2.24) is 4.72 Å². The highest BCUT2D eigenvalue weighted by Gasteiger charge is 2.39. The molecule has 1 aliphatic heterocycles. The standard InChI is InChI=1S/C26H24Cl2N2O3S/c27-17-13-22(26(31)23(28)14-17)25-20-8-4-7-19(20)21-15-18(9-10-24(21)30-25)34(32,33)29-12-11-16-5-2-1-3-6-16/h1-7,9-10,13-15,19-20,25,29-31H,8,11-12H2. The maximum absolute atomic E-state index is 13.0. The van der Waals surface area contributed by atoms with Gasteiger partial charge in [0.05, 0.1) is 16.0 Å². The van der Waals surface area contributed by atoms with Crippen molar-refractivity contribution in [2.24, 2.45) is 5.92 Å². The van der Waals surface area contributed by atoms with Crippen LogP contribution in [0.1, 0.15) is 35.1 Å². The zero-order valence-electron chi connectivity index (χ0n) is 18.2. The fourth-order valence-electron chi connectivity index (χ4n) is 4.93. The molecule has 5 nitrogen and oxygen atoms in total. The maximum atomic E-state index is 13.0. The number of halogens is 2. The molecular weight excluding hydrogens is 491 g/mol. The molecule has 0 fully saturated rings. The maximum Gasteiger partial charge on any atom is 0.240 e. The topological polar surface area (TPSA) is 78.4 Å². The lowest BCUT2D eigenvalue weighted by Crippen LogP contribution is -2.30. The Hall–Kier alpha value is -2.51. The summed E-state index contributed by atoms with van der Waals surface area (Å²) in [4.78, 5) is 0.243. The first kappa shape index (κ1) is 23.2. The second-order valence-corrected chi connectivity index (χ2v) is 11.3. The van der Waals surface area contributed by atoms with Gasteiger partial charge in [0.2, 0.25) is 10.0 Å². The van der Waals surface area contributed by atoms with E-state index in [9.17, 15) is 13.5 Å². The number of nitrogens with one attached hydrogen (secondary N) is 2. The van der Waals surface area contributed by atoms with Crippen LogP contribution in [0.5, 0.6) is 5.75 Å². The van der Waals surface area contributed by atoms with Crippen LogP contribution in [-0.4, -0.2) is 20.1 Å². The third-order valence-electron chi connectivity index (χ3n) is 6.59. The Morgan fingerprint density at radius 1 is 1.03 bits per heavy atom. The number of phenolic OH excluding ortho intramolecular Hbond substituents is 1. The van der Waals surface area contributed by atoms with Gasteiger partial charge in [-0.05, 0) is 60.2 Å². The zero-order chi connectivity index (χ0) is 23.9. The molecule has 1 heterocycles. The minimum atomic E-state index is -3.65. The number of hydrogen-bond donors (Lipinski definition) is 3. The summed E-state index contributed by atoms with van der Waals surface area (Å²) in [7, 11) is -3.65. The molecule has 0 amide bonds. The Morgan fingerprint density at radius 2 is 1.82 bits per heavy atom. The molecule has 0 bridgehead atoms. The van der Waals surface area contributed by atoms with E-state index in [0.29, 0.717) is 23.6 Å². The number of rotatable bonds is 6. The monoisotopic (exact) mass is 514 g/mol. The van der Waals surface area contributed by atoms with Crippen LogP contribution in [0.4, 0.5) is 5.69 Å². The van der Waals surface area contributed by atoms with E-state index in [0.717, 1.165) is 23.2 Å². The number of hydrogen-bond acceptors (Lipinski definition) is 4. The lowest BCUT2D eigenvalue weighted by molar-refractivity contribution is 0.402.